The highest BCUT2D eigenvalue weighted by Crippen LogP contribution is 2.65. The molecule has 2 aromatic rings. The van der Waals surface area contributed by atoms with Crippen molar-refractivity contribution >= 4 is 11.9 Å². The van der Waals surface area contributed by atoms with Gasteiger partial charge in [0.15, 0.2) is 0 Å². The molecule has 0 aromatic heterocycles. The smallest absolute Gasteiger partial charge is 0.417 e. The van der Waals surface area contributed by atoms with E-state index in [-0.39, 0.29) is 28.9 Å². The molecule has 1 N–H and O–H groups in total. The number of carboxylic acid groups (broad SMARTS) is 1. The number of halogens is 4. The normalized spacial score (nSPS) is 23.5. The summed E-state index contributed by atoms with van der Waals surface area (Å²) in [6.45, 7) is 1.95. The summed E-state index contributed by atoms with van der Waals surface area (Å²) < 4.78 is 61.0. The van der Waals surface area contributed by atoms with E-state index in [9.17, 15) is 27.2 Å². The van der Waals surface area contributed by atoms with Crippen LogP contribution in [0.3, 0.4) is 0 Å². The van der Waals surface area contributed by atoms with E-state index in [0.29, 0.717) is 31.8 Å². The Kier molecular flexibility index (Phi) is 5.86. The number of piperidine rings is 1. The maximum Gasteiger partial charge on any atom is 0.417 e. The topological polar surface area (TPSA) is 66.8 Å². The molecule has 2 atom stereocenters. The standard InChI is InChI=1S/C26H25F4NO4/c27-22-17(24(33)34)7-8-18(26(28,29)30)21(22)16-5-3-15(4-6-16)19-14-25(19)9-11-31(12-10-25)23(32)20-2-1-13-35-20/h3-8,19-20H,1-2,9-14H2,(H,33,34)/t19-,20-/m1/s1. The van der Waals surface area contributed by atoms with Crippen LogP contribution in [-0.2, 0) is 15.7 Å². The van der Waals surface area contributed by atoms with E-state index < -0.39 is 34.7 Å². The summed E-state index contributed by atoms with van der Waals surface area (Å²) >= 11 is 0. The van der Waals surface area contributed by atoms with Gasteiger partial charge in [-0.3, -0.25) is 4.79 Å². The number of benzene rings is 2. The third-order valence-corrected chi connectivity index (χ3v) is 7.75. The maximum absolute atomic E-state index is 14.8. The summed E-state index contributed by atoms with van der Waals surface area (Å²) in [7, 11) is 0. The van der Waals surface area contributed by atoms with Gasteiger partial charge in [0.25, 0.3) is 5.91 Å². The second-order valence-corrected chi connectivity index (χ2v) is 9.72. The Morgan fingerprint density at radius 2 is 1.74 bits per heavy atom. The average Bonchev–Trinajstić information content (AvgIpc) is 3.24. The molecular weight excluding hydrogens is 466 g/mol. The van der Waals surface area contributed by atoms with Crippen molar-refractivity contribution in [1.29, 1.82) is 0 Å². The second-order valence-electron chi connectivity index (χ2n) is 9.72. The van der Waals surface area contributed by atoms with E-state index >= 15 is 0 Å². The number of rotatable bonds is 4. The van der Waals surface area contributed by atoms with E-state index in [1.807, 2.05) is 4.90 Å². The van der Waals surface area contributed by atoms with Crippen molar-refractivity contribution in [2.45, 2.75) is 50.3 Å². The van der Waals surface area contributed by atoms with E-state index in [1.165, 1.54) is 12.1 Å². The molecule has 1 spiro atoms. The van der Waals surface area contributed by atoms with Crippen LogP contribution < -0.4 is 0 Å². The molecule has 3 fully saturated rings. The number of carboxylic acids is 1. The number of carbonyl (C=O) groups excluding carboxylic acids is 1. The molecule has 9 heteroatoms. The fourth-order valence-corrected chi connectivity index (χ4v) is 5.66. The number of ether oxygens (including phenoxy) is 1. The minimum absolute atomic E-state index is 0.0200. The van der Waals surface area contributed by atoms with Gasteiger partial charge in [0.2, 0.25) is 0 Å². The number of nitrogens with zero attached hydrogens (tertiary/aromatic N) is 1. The first-order valence-corrected chi connectivity index (χ1v) is 11.7. The van der Waals surface area contributed by atoms with Crippen molar-refractivity contribution in [1.82, 2.24) is 4.90 Å². The summed E-state index contributed by atoms with van der Waals surface area (Å²) in [5.74, 6) is -2.73. The summed E-state index contributed by atoms with van der Waals surface area (Å²) in [5.41, 5.74) is -1.76. The third-order valence-electron chi connectivity index (χ3n) is 7.75. The van der Waals surface area contributed by atoms with Gasteiger partial charge in [-0.05, 0) is 66.7 Å². The fraction of sp³-hybridized carbons (Fsp3) is 0.462. The summed E-state index contributed by atoms with van der Waals surface area (Å²) in [6.07, 6.45) is -0.848. The van der Waals surface area contributed by atoms with Crippen LogP contribution in [0, 0.1) is 11.2 Å². The van der Waals surface area contributed by atoms with Gasteiger partial charge in [0.05, 0.1) is 11.1 Å². The lowest BCUT2D eigenvalue weighted by molar-refractivity contribution is -0.142. The number of likely N-dealkylation sites (tertiary alicyclic amines) is 1. The van der Waals surface area contributed by atoms with Gasteiger partial charge in [0, 0.05) is 25.3 Å². The van der Waals surface area contributed by atoms with Crippen molar-refractivity contribution in [3.63, 3.8) is 0 Å². The Labute approximate surface area is 199 Å². The molecule has 2 heterocycles. The molecule has 3 aliphatic rings. The van der Waals surface area contributed by atoms with Gasteiger partial charge >= 0.3 is 12.1 Å². The molecule has 5 rings (SSSR count). The summed E-state index contributed by atoms with van der Waals surface area (Å²) in [4.78, 5) is 25.7. The Hall–Kier alpha value is -2.94. The number of amides is 1. The SMILES string of the molecule is O=C(O)c1ccc(C(F)(F)F)c(-c2ccc([C@H]3CC34CCN(C(=O)[C@H]3CCCO3)CC4)cc2)c1F. The van der Waals surface area contributed by atoms with Crippen LogP contribution >= 0.6 is 0 Å². The van der Waals surface area contributed by atoms with Crippen molar-refractivity contribution in [3.05, 3.63) is 58.9 Å². The minimum Gasteiger partial charge on any atom is -0.478 e. The molecule has 1 amide bonds. The highest BCUT2D eigenvalue weighted by molar-refractivity contribution is 5.90. The first-order chi connectivity index (χ1) is 16.6. The molecule has 35 heavy (non-hydrogen) atoms. The molecule has 2 aromatic carbocycles. The predicted molar refractivity (Wildman–Crippen MR) is 118 cm³/mol. The first kappa shape index (κ1) is 23.8. The zero-order valence-electron chi connectivity index (χ0n) is 18.9. The predicted octanol–water partition coefficient (Wildman–Crippen LogP) is 5.48. The molecule has 0 bridgehead atoms. The summed E-state index contributed by atoms with van der Waals surface area (Å²) in [5, 5.41) is 9.16. The molecule has 5 nitrogen and oxygen atoms in total. The Morgan fingerprint density at radius 1 is 1.06 bits per heavy atom. The Bertz CT molecular complexity index is 1150. The zero-order valence-corrected chi connectivity index (χ0v) is 18.9. The quantitative estimate of drug-likeness (QED) is 0.575. The molecule has 1 aliphatic carbocycles. The van der Waals surface area contributed by atoms with Crippen molar-refractivity contribution in [2.24, 2.45) is 5.41 Å². The molecule has 0 unspecified atom stereocenters. The highest BCUT2D eigenvalue weighted by atomic mass is 19.4. The van der Waals surface area contributed by atoms with Crippen LogP contribution in [-0.4, -0.2) is 47.7 Å². The molecule has 1 saturated carbocycles. The van der Waals surface area contributed by atoms with Crippen molar-refractivity contribution in [2.75, 3.05) is 19.7 Å². The van der Waals surface area contributed by atoms with Gasteiger partial charge in [-0.1, -0.05) is 24.3 Å². The van der Waals surface area contributed by atoms with Crippen LogP contribution in [0.2, 0.25) is 0 Å². The minimum atomic E-state index is -4.83. The largest absolute Gasteiger partial charge is 0.478 e. The average molecular weight is 491 g/mol. The van der Waals surface area contributed by atoms with Crippen LogP contribution in [0.25, 0.3) is 11.1 Å². The van der Waals surface area contributed by atoms with Crippen molar-refractivity contribution < 1.29 is 37.0 Å². The Balaban J connectivity index is 1.33. The second kappa shape index (κ2) is 8.62. The molecule has 2 saturated heterocycles. The van der Waals surface area contributed by atoms with E-state index in [0.717, 1.165) is 37.7 Å². The third kappa shape index (κ3) is 4.30. The molecule has 2 aliphatic heterocycles. The molecule has 186 valence electrons. The number of alkyl halides is 3. The van der Waals surface area contributed by atoms with Gasteiger partial charge in [-0.15, -0.1) is 0 Å². The van der Waals surface area contributed by atoms with Crippen LogP contribution in [0.15, 0.2) is 36.4 Å². The maximum atomic E-state index is 14.8. The van der Waals surface area contributed by atoms with E-state index in [1.54, 1.807) is 12.1 Å². The zero-order chi connectivity index (χ0) is 25.0. The Morgan fingerprint density at radius 3 is 2.31 bits per heavy atom. The molecule has 0 radical (unpaired) electrons. The number of carbonyl (C=O) groups is 2. The number of hydrogen-bond donors (Lipinski definition) is 1. The lowest BCUT2D eigenvalue weighted by atomic mass is 9.87. The van der Waals surface area contributed by atoms with Gasteiger partial charge in [-0.25, -0.2) is 9.18 Å². The van der Waals surface area contributed by atoms with Crippen molar-refractivity contribution in [3.8, 4) is 11.1 Å². The van der Waals surface area contributed by atoms with Crippen LogP contribution in [0.1, 0.15) is 59.5 Å². The first-order valence-electron chi connectivity index (χ1n) is 11.7. The lowest BCUT2D eigenvalue weighted by Gasteiger charge is -2.34. The van der Waals surface area contributed by atoms with Crippen LogP contribution in [0.5, 0.6) is 0 Å². The van der Waals surface area contributed by atoms with Gasteiger partial charge in [0.1, 0.15) is 11.9 Å². The van der Waals surface area contributed by atoms with Crippen LogP contribution in [0.4, 0.5) is 17.6 Å². The fourth-order valence-electron chi connectivity index (χ4n) is 5.66. The molecular formula is C26H25F4NO4. The monoisotopic (exact) mass is 491 g/mol. The lowest BCUT2D eigenvalue weighted by Crippen LogP contribution is -2.44. The number of aromatic carboxylic acids is 1. The van der Waals surface area contributed by atoms with E-state index in [2.05, 4.69) is 0 Å². The highest BCUT2D eigenvalue weighted by Gasteiger charge is 2.55. The van der Waals surface area contributed by atoms with Gasteiger partial charge in [-0.2, -0.15) is 13.2 Å². The number of hydrogen-bond acceptors (Lipinski definition) is 3. The van der Waals surface area contributed by atoms with Gasteiger partial charge < -0.3 is 14.7 Å². The van der Waals surface area contributed by atoms with E-state index in [4.69, 9.17) is 9.84 Å². The summed E-state index contributed by atoms with van der Waals surface area (Å²) in [6, 6.07) is 7.50.